The monoisotopic (exact) mass is 461 g/mol. The normalized spacial score (nSPS) is 12.5. The predicted molar refractivity (Wildman–Crippen MR) is 136 cm³/mol. The van der Waals surface area contributed by atoms with Crippen LogP contribution in [0.3, 0.4) is 0 Å². The third-order valence-electron chi connectivity index (χ3n) is 5.95. The molecule has 4 rings (SSSR count). The molecular weight excluding hydrogens is 430 g/mol. The maximum Gasteiger partial charge on any atom is 0.281 e. The van der Waals surface area contributed by atoms with Gasteiger partial charge in [-0.15, -0.1) is 11.3 Å². The lowest BCUT2D eigenvalue weighted by molar-refractivity contribution is 0.173. The molecule has 2 aromatic heterocycles. The van der Waals surface area contributed by atoms with Crippen LogP contribution in [-0.4, -0.2) is 39.6 Å². The molecule has 2 heterocycles. The molecule has 172 valence electrons. The smallest absolute Gasteiger partial charge is 0.281 e. The van der Waals surface area contributed by atoms with Crippen molar-refractivity contribution in [3.8, 4) is 0 Å². The molecule has 0 aliphatic carbocycles. The van der Waals surface area contributed by atoms with Crippen LogP contribution in [0.5, 0.6) is 0 Å². The number of aromatic nitrogens is 3. The summed E-state index contributed by atoms with van der Waals surface area (Å²) in [5.74, 6) is 0.811. The highest BCUT2D eigenvalue weighted by molar-refractivity contribution is 7.16. The second-order valence-electron chi connectivity index (χ2n) is 8.34. The van der Waals surface area contributed by atoms with E-state index in [2.05, 4.69) is 53.3 Å². The van der Waals surface area contributed by atoms with Crippen LogP contribution in [0.15, 0.2) is 64.9 Å². The van der Waals surface area contributed by atoms with E-state index in [0.717, 1.165) is 37.4 Å². The number of hydrogen-bond acceptors (Lipinski definition) is 6. The van der Waals surface area contributed by atoms with Gasteiger partial charge in [0.15, 0.2) is 10.3 Å². The molecule has 1 N–H and O–H groups in total. The van der Waals surface area contributed by atoms with Gasteiger partial charge in [-0.25, -0.2) is 9.97 Å². The summed E-state index contributed by atoms with van der Waals surface area (Å²) < 4.78 is 1.83. The van der Waals surface area contributed by atoms with Crippen molar-refractivity contribution in [3.05, 3.63) is 93.0 Å². The molecule has 4 aromatic rings. The van der Waals surface area contributed by atoms with Gasteiger partial charge >= 0.3 is 0 Å². The number of benzene rings is 2. The van der Waals surface area contributed by atoms with Crippen molar-refractivity contribution in [1.82, 2.24) is 24.8 Å². The van der Waals surface area contributed by atoms with Crippen LogP contribution >= 0.6 is 11.3 Å². The summed E-state index contributed by atoms with van der Waals surface area (Å²) in [4.78, 5) is 26.0. The molecule has 0 aliphatic rings. The summed E-state index contributed by atoms with van der Waals surface area (Å²) in [5.41, 5.74) is 5.68. The van der Waals surface area contributed by atoms with Gasteiger partial charge in [-0.2, -0.15) is 0 Å². The Hall–Kier alpha value is -2.87. The minimum atomic E-state index is -0.0672. The van der Waals surface area contributed by atoms with Gasteiger partial charge in [0.2, 0.25) is 0 Å². The zero-order valence-electron chi connectivity index (χ0n) is 19.5. The third-order valence-corrected chi connectivity index (χ3v) is 6.67. The van der Waals surface area contributed by atoms with Crippen LogP contribution in [0.25, 0.3) is 10.3 Å². The molecule has 0 fully saturated rings. The fraction of sp³-hybridized carbons (Fsp3) is 0.346. The summed E-state index contributed by atoms with van der Waals surface area (Å²) in [6.07, 6.45) is 0.848. The molecule has 0 bridgehead atoms. The Bertz CT molecular complexity index is 1230. The maximum absolute atomic E-state index is 13.5. The quantitative estimate of drug-likeness (QED) is 0.380. The lowest BCUT2D eigenvalue weighted by Crippen LogP contribution is -2.38. The van der Waals surface area contributed by atoms with Crippen LogP contribution < -0.4 is 10.9 Å². The summed E-state index contributed by atoms with van der Waals surface area (Å²) in [6.45, 7) is 7.26. The molecule has 1 atom stereocenters. The number of hydrogen-bond donors (Lipinski definition) is 1. The van der Waals surface area contributed by atoms with Crippen LogP contribution in [0, 0.1) is 6.92 Å². The lowest BCUT2D eigenvalue weighted by atomic mass is 10.1. The predicted octanol–water partition coefficient (Wildman–Crippen LogP) is 4.38. The molecule has 0 saturated carbocycles. The zero-order valence-corrected chi connectivity index (χ0v) is 20.3. The molecule has 0 radical (unpaired) electrons. The number of likely N-dealkylation sites (N-methyl/N-ethyl adjacent to an activating group) is 1. The standard InChI is InChI=1S/C26H31N5OS/c1-4-22(30(15-14-27-3)16-21-12-10-19(2)11-13-21)24-29-25-23(28-18-33-25)26(32)31(24)17-20-8-6-5-7-9-20/h5-13,18,22,27H,4,14-17H2,1-3H3. The number of fused-ring (bicyclic) bond motifs is 1. The van der Waals surface area contributed by atoms with Gasteiger partial charge in [0, 0.05) is 19.6 Å². The van der Waals surface area contributed by atoms with E-state index < -0.39 is 0 Å². The van der Waals surface area contributed by atoms with E-state index in [0.29, 0.717) is 16.9 Å². The minimum Gasteiger partial charge on any atom is -0.318 e. The third kappa shape index (κ3) is 5.38. The van der Waals surface area contributed by atoms with E-state index in [1.165, 1.54) is 22.5 Å². The van der Waals surface area contributed by atoms with Crippen molar-refractivity contribution in [2.45, 2.75) is 39.4 Å². The first kappa shape index (κ1) is 23.3. The van der Waals surface area contributed by atoms with Gasteiger partial charge in [-0.1, -0.05) is 67.1 Å². The second-order valence-corrected chi connectivity index (χ2v) is 9.17. The van der Waals surface area contributed by atoms with Crippen molar-refractivity contribution in [3.63, 3.8) is 0 Å². The number of nitrogens with zero attached hydrogens (tertiary/aromatic N) is 4. The average Bonchev–Trinajstić information content (AvgIpc) is 3.31. The molecular formula is C26H31N5OS. The van der Waals surface area contributed by atoms with Crippen molar-refractivity contribution >= 4 is 21.7 Å². The molecule has 0 aliphatic heterocycles. The fourth-order valence-corrected chi connectivity index (χ4v) is 4.82. The van der Waals surface area contributed by atoms with Crippen LogP contribution in [0.1, 0.15) is 41.9 Å². The maximum atomic E-state index is 13.5. The number of thiazole rings is 1. The van der Waals surface area contributed by atoms with Gasteiger partial charge in [0.1, 0.15) is 5.82 Å². The summed E-state index contributed by atoms with van der Waals surface area (Å²) in [7, 11) is 1.97. The largest absolute Gasteiger partial charge is 0.318 e. The Labute approximate surface area is 198 Å². The van der Waals surface area contributed by atoms with Crippen LogP contribution in [-0.2, 0) is 13.1 Å². The first-order chi connectivity index (χ1) is 16.1. The van der Waals surface area contributed by atoms with E-state index in [1.807, 2.05) is 41.9 Å². The molecule has 0 spiro atoms. The number of aryl methyl sites for hydroxylation is 1. The van der Waals surface area contributed by atoms with Gasteiger partial charge in [0.25, 0.3) is 5.56 Å². The fourth-order valence-electron chi connectivity index (χ4n) is 4.17. The highest BCUT2D eigenvalue weighted by atomic mass is 32.1. The first-order valence-corrected chi connectivity index (χ1v) is 12.3. The summed E-state index contributed by atoms with van der Waals surface area (Å²) in [5, 5.41) is 3.28. The highest BCUT2D eigenvalue weighted by Crippen LogP contribution is 2.26. The Balaban J connectivity index is 1.78. The Morgan fingerprint density at radius 3 is 2.55 bits per heavy atom. The molecule has 33 heavy (non-hydrogen) atoms. The van der Waals surface area contributed by atoms with Gasteiger partial charge in [-0.05, 0) is 31.5 Å². The van der Waals surface area contributed by atoms with Crippen molar-refractivity contribution in [2.24, 2.45) is 0 Å². The van der Waals surface area contributed by atoms with E-state index in [-0.39, 0.29) is 11.6 Å². The Kier molecular flexibility index (Phi) is 7.65. The molecule has 7 heteroatoms. The van der Waals surface area contributed by atoms with Gasteiger partial charge < -0.3 is 5.32 Å². The number of rotatable bonds is 10. The highest BCUT2D eigenvalue weighted by Gasteiger charge is 2.26. The second kappa shape index (κ2) is 10.8. The summed E-state index contributed by atoms with van der Waals surface area (Å²) >= 11 is 1.43. The Morgan fingerprint density at radius 2 is 1.85 bits per heavy atom. The van der Waals surface area contributed by atoms with Crippen molar-refractivity contribution in [2.75, 3.05) is 20.1 Å². The Morgan fingerprint density at radius 1 is 1.09 bits per heavy atom. The van der Waals surface area contributed by atoms with Crippen molar-refractivity contribution in [1.29, 1.82) is 0 Å². The molecule has 6 nitrogen and oxygen atoms in total. The van der Waals surface area contributed by atoms with Crippen LogP contribution in [0.2, 0.25) is 0 Å². The SMILES string of the molecule is CCC(c1nc2scnc2c(=O)n1Cc1ccccc1)N(CCNC)Cc1ccc(C)cc1. The number of nitrogens with one attached hydrogen (secondary N) is 1. The van der Waals surface area contributed by atoms with E-state index in [4.69, 9.17) is 4.98 Å². The topological polar surface area (TPSA) is 63.1 Å². The van der Waals surface area contributed by atoms with Gasteiger partial charge in [0.05, 0.1) is 18.1 Å². The van der Waals surface area contributed by atoms with Gasteiger partial charge in [-0.3, -0.25) is 14.3 Å². The molecule has 0 saturated heterocycles. The zero-order chi connectivity index (χ0) is 23.2. The molecule has 0 amide bonds. The minimum absolute atomic E-state index is 0.00238. The average molecular weight is 462 g/mol. The van der Waals surface area contributed by atoms with E-state index in [9.17, 15) is 4.79 Å². The van der Waals surface area contributed by atoms with E-state index in [1.54, 1.807) is 5.51 Å². The van der Waals surface area contributed by atoms with E-state index >= 15 is 0 Å². The van der Waals surface area contributed by atoms with Crippen molar-refractivity contribution < 1.29 is 0 Å². The molecule has 1 unspecified atom stereocenters. The summed E-state index contributed by atoms with van der Waals surface area (Å²) in [6, 6.07) is 18.8. The lowest BCUT2D eigenvalue weighted by Gasteiger charge is -2.32. The first-order valence-electron chi connectivity index (χ1n) is 11.4. The van der Waals surface area contributed by atoms with Crippen LogP contribution in [0.4, 0.5) is 0 Å². The molecule has 2 aromatic carbocycles.